The van der Waals surface area contributed by atoms with Crippen LogP contribution in [0.4, 0.5) is 0 Å². The van der Waals surface area contributed by atoms with Crippen LogP contribution >= 0.6 is 0 Å². The number of allylic oxidation sites excluding steroid dienone is 2. The quantitative estimate of drug-likeness (QED) is 0.723. The highest BCUT2D eigenvalue weighted by molar-refractivity contribution is 5.53. The first-order valence-electron chi connectivity index (χ1n) is 6.98. The summed E-state index contributed by atoms with van der Waals surface area (Å²) in [4.78, 5) is 2.43. The molecule has 0 fully saturated rings. The highest BCUT2D eigenvalue weighted by atomic mass is 15.1. The van der Waals surface area contributed by atoms with Crippen LogP contribution in [0.5, 0.6) is 0 Å². The van der Waals surface area contributed by atoms with Crippen LogP contribution in [0.2, 0.25) is 0 Å². The molecule has 2 heteroatoms. The smallest absolute Gasteiger partial charge is 0.0448 e. The number of nitrogens with zero attached hydrogens (tertiary/aromatic N) is 2. The van der Waals surface area contributed by atoms with E-state index in [9.17, 15) is 0 Å². The number of aromatic nitrogens is 1. The van der Waals surface area contributed by atoms with Gasteiger partial charge in [-0.15, -0.1) is 0 Å². The molecule has 2 nitrogen and oxygen atoms in total. The lowest BCUT2D eigenvalue weighted by Crippen LogP contribution is -2.31. The van der Waals surface area contributed by atoms with Gasteiger partial charge in [-0.25, -0.2) is 0 Å². The Hall–Kier alpha value is -1.28. The monoisotopic (exact) mass is 242 g/mol. The van der Waals surface area contributed by atoms with E-state index in [0.717, 1.165) is 19.5 Å². The number of likely N-dealkylation sites (N-methyl/N-ethyl adjacent to an activating group) is 1. The van der Waals surface area contributed by atoms with E-state index in [4.69, 9.17) is 0 Å². The Bertz CT molecular complexity index is 617. The normalized spacial score (nSPS) is 19.2. The molecule has 2 aliphatic rings. The maximum atomic E-state index is 2.53. The first-order valence-corrected chi connectivity index (χ1v) is 6.98. The molecule has 0 aromatic carbocycles. The summed E-state index contributed by atoms with van der Waals surface area (Å²) in [6, 6.07) is 0. The Morgan fingerprint density at radius 1 is 1.28 bits per heavy atom. The minimum atomic E-state index is 1.06. The summed E-state index contributed by atoms with van der Waals surface area (Å²) >= 11 is 0. The molecule has 0 atom stereocenters. The zero-order valence-corrected chi connectivity index (χ0v) is 11.7. The average molecular weight is 242 g/mol. The Kier molecular flexibility index (Phi) is 2.90. The maximum absolute atomic E-state index is 2.53. The number of fused-ring (bicyclic) bond motifs is 3. The van der Waals surface area contributed by atoms with Crippen molar-refractivity contribution in [1.29, 1.82) is 0 Å². The minimum absolute atomic E-state index is 1.06. The molecule has 18 heavy (non-hydrogen) atoms. The van der Waals surface area contributed by atoms with Crippen LogP contribution in [0.25, 0.3) is 12.2 Å². The van der Waals surface area contributed by atoms with Gasteiger partial charge >= 0.3 is 0 Å². The second kappa shape index (κ2) is 4.43. The second-order valence-corrected chi connectivity index (χ2v) is 5.49. The molecule has 96 valence electrons. The number of hydrogen-bond donors (Lipinski definition) is 0. The Morgan fingerprint density at radius 2 is 2.11 bits per heavy atom. The fourth-order valence-corrected chi connectivity index (χ4v) is 3.26. The van der Waals surface area contributed by atoms with Gasteiger partial charge in [-0.2, -0.15) is 0 Å². The lowest BCUT2D eigenvalue weighted by molar-refractivity contribution is 0.307. The molecule has 1 aromatic heterocycles. The first kappa shape index (κ1) is 11.8. The predicted molar refractivity (Wildman–Crippen MR) is 76.7 cm³/mol. The fourth-order valence-electron chi connectivity index (χ4n) is 3.26. The number of rotatable bonds is 1. The van der Waals surface area contributed by atoms with Gasteiger partial charge in [-0.1, -0.05) is 17.7 Å². The molecule has 0 amide bonds. The van der Waals surface area contributed by atoms with E-state index < -0.39 is 0 Å². The summed E-state index contributed by atoms with van der Waals surface area (Å²) in [6.45, 7) is 7.85. The van der Waals surface area contributed by atoms with Crippen LogP contribution in [-0.2, 0) is 19.5 Å². The molecule has 0 bridgehead atoms. The molecule has 1 aliphatic heterocycles. The largest absolute Gasteiger partial charge is 0.345 e. The average Bonchev–Trinajstić information content (AvgIpc) is 2.50. The van der Waals surface area contributed by atoms with E-state index in [0.29, 0.717) is 0 Å². The van der Waals surface area contributed by atoms with E-state index >= 15 is 0 Å². The second-order valence-electron chi connectivity index (χ2n) is 5.49. The molecule has 0 saturated carbocycles. The third-order valence-corrected chi connectivity index (χ3v) is 4.16. The topological polar surface area (TPSA) is 8.17 Å². The van der Waals surface area contributed by atoms with E-state index in [1.807, 2.05) is 0 Å². The van der Waals surface area contributed by atoms with Crippen molar-refractivity contribution in [3.63, 3.8) is 0 Å². The molecule has 0 spiro atoms. The Balaban J connectivity index is 2.33. The van der Waals surface area contributed by atoms with Crippen molar-refractivity contribution in [1.82, 2.24) is 9.47 Å². The Labute approximate surface area is 109 Å². The van der Waals surface area contributed by atoms with Gasteiger partial charge in [-0.3, -0.25) is 0 Å². The van der Waals surface area contributed by atoms with Gasteiger partial charge in [0.15, 0.2) is 0 Å². The molecule has 1 aromatic rings. The van der Waals surface area contributed by atoms with Gasteiger partial charge in [0.05, 0.1) is 0 Å². The SMILES string of the molecule is CCn1c2c(c3c1=CCC=C(C)C=3)CN(C)CC2. The van der Waals surface area contributed by atoms with Crippen molar-refractivity contribution in [2.45, 2.75) is 39.8 Å². The van der Waals surface area contributed by atoms with Crippen molar-refractivity contribution in [2.24, 2.45) is 0 Å². The summed E-state index contributed by atoms with van der Waals surface area (Å²) in [5, 5.41) is 2.93. The van der Waals surface area contributed by atoms with Crippen molar-refractivity contribution in [3.8, 4) is 0 Å². The van der Waals surface area contributed by atoms with Crippen LogP contribution in [-0.4, -0.2) is 23.1 Å². The van der Waals surface area contributed by atoms with Gasteiger partial charge in [0, 0.05) is 42.3 Å². The summed E-state index contributed by atoms with van der Waals surface area (Å²) in [5.74, 6) is 0. The molecule has 0 saturated heterocycles. The highest BCUT2D eigenvalue weighted by Crippen LogP contribution is 2.15. The lowest BCUT2D eigenvalue weighted by atomic mass is 10.1. The standard InChI is InChI=1S/C16H22N2/c1-4-18-15-7-5-6-12(2)10-13(15)14-11-17(3)9-8-16(14)18/h6-7,10H,4-5,8-9,11H2,1-3H3. The third-order valence-electron chi connectivity index (χ3n) is 4.16. The van der Waals surface area contributed by atoms with Crippen molar-refractivity contribution in [2.75, 3.05) is 13.6 Å². The zero-order chi connectivity index (χ0) is 12.7. The van der Waals surface area contributed by atoms with Crippen molar-refractivity contribution in [3.05, 3.63) is 33.5 Å². The lowest BCUT2D eigenvalue weighted by Gasteiger charge is -2.24. The molecular formula is C16H22N2. The molecule has 2 heterocycles. The van der Waals surface area contributed by atoms with Crippen LogP contribution in [0.15, 0.2) is 11.6 Å². The van der Waals surface area contributed by atoms with Gasteiger partial charge in [0.1, 0.15) is 0 Å². The van der Waals surface area contributed by atoms with Gasteiger partial charge in [0.2, 0.25) is 0 Å². The van der Waals surface area contributed by atoms with Gasteiger partial charge in [-0.05, 0) is 39.0 Å². The van der Waals surface area contributed by atoms with Crippen molar-refractivity contribution < 1.29 is 0 Å². The van der Waals surface area contributed by atoms with Crippen molar-refractivity contribution >= 4 is 12.2 Å². The van der Waals surface area contributed by atoms with Crippen LogP contribution in [0, 0.1) is 0 Å². The van der Waals surface area contributed by atoms with E-state index in [2.05, 4.69) is 48.6 Å². The summed E-state index contributed by atoms with van der Waals surface area (Å²) in [7, 11) is 2.22. The molecule has 3 rings (SSSR count). The minimum Gasteiger partial charge on any atom is -0.345 e. The molecule has 0 N–H and O–H groups in total. The van der Waals surface area contributed by atoms with Gasteiger partial charge in [0.25, 0.3) is 0 Å². The van der Waals surface area contributed by atoms with Crippen LogP contribution in [0.1, 0.15) is 31.5 Å². The van der Waals surface area contributed by atoms with Gasteiger partial charge < -0.3 is 9.47 Å². The maximum Gasteiger partial charge on any atom is 0.0448 e. The summed E-state index contributed by atoms with van der Waals surface area (Å²) < 4.78 is 2.53. The zero-order valence-electron chi connectivity index (χ0n) is 11.7. The molecule has 1 aliphatic carbocycles. The highest BCUT2D eigenvalue weighted by Gasteiger charge is 2.20. The molecule has 0 unspecified atom stereocenters. The predicted octanol–water partition coefficient (Wildman–Crippen LogP) is 1.41. The summed E-state index contributed by atoms with van der Waals surface area (Å²) in [6.07, 6.45) is 9.34. The first-order chi connectivity index (χ1) is 8.70. The fraction of sp³-hybridized carbons (Fsp3) is 0.500. The Morgan fingerprint density at radius 3 is 2.89 bits per heavy atom. The third kappa shape index (κ3) is 1.76. The molecule has 0 radical (unpaired) electrons. The summed E-state index contributed by atoms with van der Waals surface area (Å²) in [5.41, 5.74) is 4.53. The van der Waals surface area contributed by atoms with E-state index in [1.165, 1.54) is 29.1 Å². The van der Waals surface area contributed by atoms with E-state index in [1.54, 1.807) is 11.3 Å². The van der Waals surface area contributed by atoms with Crippen LogP contribution < -0.4 is 10.6 Å². The number of hydrogen-bond acceptors (Lipinski definition) is 1. The van der Waals surface area contributed by atoms with E-state index in [-0.39, 0.29) is 0 Å². The van der Waals surface area contributed by atoms with Crippen LogP contribution in [0.3, 0.4) is 0 Å². The molecular weight excluding hydrogens is 220 g/mol.